The van der Waals surface area contributed by atoms with Gasteiger partial charge in [-0.2, -0.15) is 0 Å². The van der Waals surface area contributed by atoms with E-state index in [1.54, 1.807) is 24.3 Å². The standard InChI is InChI=1S/C18H15N7O.7V.3Y/c1-3-13-11(2)19-9-14-15(13)23-18(22-14)25-17(20-10-21-25)24-16(26)12-7-5-4-6-8-12;;;;;;;;;;/h4-8H,3H2,1-2H3,(H2,19,20,21,22,23,24,26);;;;;;;;;;/q-2;;;;;;;;;;/p-1. The van der Waals surface area contributed by atoms with Crippen LogP contribution >= 0.6 is 0 Å². The van der Waals surface area contributed by atoms with Gasteiger partial charge in [0.25, 0.3) is 0 Å². The van der Waals surface area contributed by atoms with Gasteiger partial charge in [-0.15, -0.1) is 11.1 Å². The molecule has 4 aromatic rings. The zero-order chi connectivity index (χ0) is 18.1. The Bertz CT molecular complexity index is 1120. The molecule has 3 aromatic heterocycles. The smallest absolute Gasteiger partial charge is 0.241 e. The molecule has 3 heterocycles. The SMILES string of the molecule is CCc1c(C)n[c-]c2nc(-n3n[c-]nc3NC(=O)c3ccccc3)[n-]c12.[V].[V].[V].[V].[V].[V].[V].[Y].[Y].[Y]. The van der Waals surface area contributed by atoms with Crippen LogP contribution in [0.2, 0.25) is 0 Å². The van der Waals surface area contributed by atoms with Gasteiger partial charge in [0.2, 0.25) is 5.91 Å². The fraction of sp³-hybridized carbons (Fsp3) is 0.167. The molecule has 0 bridgehead atoms. The first-order valence-corrected chi connectivity index (χ1v) is 8.09. The van der Waals surface area contributed by atoms with Gasteiger partial charge in [0, 0.05) is 245 Å². The normalized spacial score (nSPS) is 7.94. The van der Waals surface area contributed by atoms with Crippen LogP contribution in [0.4, 0.5) is 5.95 Å². The minimum Gasteiger partial charge on any atom is -0.425 e. The topological polar surface area (TPSA) is 99.7 Å². The number of carbonyl (C=O) groups is 1. The van der Waals surface area contributed by atoms with Crippen LogP contribution in [-0.4, -0.2) is 30.6 Å². The fourth-order valence-corrected chi connectivity index (χ4v) is 2.71. The van der Waals surface area contributed by atoms with E-state index in [4.69, 9.17) is 0 Å². The van der Waals surface area contributed by atoms with Gasteiger partial charge in [-0.25, -0.2) is 0 Å². The first-order valence-electron chi connectivity index (χ1n) is 8.09. The van der Waals surface area contributed by atoms with Crippen LogP contribution < -0.4 is 10.3 Å². The van der Waals surface area contributed by atoms with E-state index in [0.717, 1.165) is 23.2 Å². The molecule has 1 aromatic carbocycles. The molecular weight excluding hydrogens is 954 g/mol. The van der Waals surface area contributed by atoms with E-state index in [9.17, 15) is 4.79 Å². The van der Waals surface area contributed by atoms with Crippen LogP contribution in [0.5, 0.6) is 0 Å². The first-order chi connectivity index (χ1) is 12.7. The maximum Gasteiger partial charge on any atom is 0.241 e. The van der Waals surface area contributed by atoms with Gasteiger partial charge in [0.05, 0.1) is 0 Å². The molecule has 0 unspecified atom stereocenters. The van der Waals surface area contributed by atoms with E-state index < -0.39 is 0 Å². The van der Waals surface area contributed by atoms with Crippen molar-refractivity contribution in [2.45, 2.75) is 20.3 Å². The Morgan fingerprint density at radius 3 is 2.11 bits per heavy atom. The molecule has 8 nitrogen and oxygen atoms in total. The molecule has 1 N–H and O–H groups in total. The number of hydrogen-bond donors (Lipinski definition) is 1. The monoisotopic (exact) mass is 967 g/mol. The molecule has 0 aliphatic carbocycles. The van der Waals surface area contributed by atoms with Gasteiger partial charge in [-0.05, 0) is 18.5 Å². The van der Waals surface area contributed by atoms with Gasteiger partial charge in [-0.3, -0.25) is 4.79 Å². The Morgan fingerprint density at radius 2 is 1.56 bits per heavy atom. The Hall–Kier alpha value is 3.85. The maximum atomic E-state index is 12.3. The van der Waals surface area contributed by atoms with Crippen molar-refractivity contribution in [2.75, 3.05) is 5.32 Å². The summed E-state index contributed by atoms with van der Waals surface area (Å²) in [6.45, 7) is 3.95. The molecule has 0 saturated carbocycles. The molecule has 4 rings (SSSR count). The number of aromatic nitrogens is 6. The molecule has 36 heavy (non-hydrogen) atoms. The average Bonchev–Trinajstić information content (AvgIpc) is 3.28. The minimum atomic E-state index is -0.303. The number of benzene rings is 1. The number of hydrogen-bond acceptors (Lipinski definition) is 5. The Labute approximate surface area is 369 Å². The van der Waals surface area contributed by atoms with Crippen molar-refractivity contribution >= 4 is 22.9 Å². The molecule has 0 fully saturated rings. The summed E-state index contributed by atoms with van der Waals surface area (Å²) >= 11 is 0. The molecule has 0 aliphatic heterocycles. The van der Waals surface area contributed by atoms with Crippen molar-refractivity contribution < 1.29 is 233 Å². The number of pyridine rings is 1. The van der Waals surface area contributed by atoms with Crippen molar-refractivity contribution in [2.24, 2.45) is 0 Å². The van der Waals surface area contributed by atoms with Crippen molar-refractivity contribution in [1.29, 1.82) is 0 Å². The van der Waals surface area contributed by atoms with E-state index in [2.05, 4.69) is 42.9 Å². The molecule has 0 aliphatic rings. The molecule has 1 amide bonds. The van der Waals surface area contributed by atoms with Crippen LogP contribution in [0.15, 0.2) is 30.3 Å². The van der Waals surface area contributed by atoms with Crippen LogP contribution in [-0.2, 0) is 234 Å². The summed E-state index contributed by atoms with van der Waals surface area (Å²) in [5, 5.41) is 6.72. The number of carbonyl (C=O) groups excluding carboxylic acids is 1. The van der Waals surface area contributed by atoms with Gasteiger partial charge in [-0.1, -0.05) is 55.9 Å². The number of anilines is 1. The number of nitrogens with one attached hydrogen (secondary N) is 1. The first kappa shape index (κ1) is 55.7. The summed E-state index contributed by atoms with van der Waals surface area (Å²) in [4.78, 5) is 29.5. The van der Waals surface area contributed by atoms with Gasteiger partial charge >= 0.3 is 0 Å². The molecule has 174 valence electrons. The van der Waals surface area contributed by atoms with E-state index in [1.807, 2.05) is 19.9 Å². The minimum absolute atomic E-state index is 0. The number of rotatable bonds is 4. The third-order valence-electron chi connectivity index (χ3n) is 4.01. The second-order valence-corrected chi connectivity index (χ2v) is 5.63. The van der Waals surface area contributed by atoms with Crippen LogP contribution in [0.1, 0.15) is 28.5 Å². The summed E-state index contributed by atoms with van der Waals surface area (Å²) in [5.41, 5.74) is 3.67. The Balaban J connectivity index is -0.000000168. The third kappa shape index (κ3) is 13.9. The van der Waals surface area contributed by atoms with Crippen molar-refractivity contribution in [1.82, 2.24) is 29.7 Å². The summed E-state index contributed by atoms with van der Waals surface area (Å²) in [5.74, 6) is 0.176. The maximum absolute atomic E-state index is 12.3. The van der Waals surface area contributed by atoms with E-state index >= 15 is 0 Å². The Kier molecular flexibility index (Phi) is 42.8. The number of amides is 1. The summed E-state index contributed by atoms with van der Waals surface area (Å²) < 4.78 is 1.34. The molecule has 10 radical (unpaired) electrons. The predicted octanol–water partition coefficient (Wildman–Crippen LogP) is 1.87. The number of imidazole rings is 1. The van der Waals surface area contributed by atoms with Crippen LogP contribution in [0.25, 0.3) is 17.0 Å². The molecule has 0 saturated heterocycles. The van der Waals surface area contributed by atoms with Gasteiger partial charge in [0.15, 0.2) is 0 Å². The molecule has 18 heteroatoms. The molecular formula is C18H14N7OV7Y3-3. The van der Waals surface area contributed by atoms with Gasteiger partial charge < -0.3 is 35.0 Å². The van der Waals surface area contributed by atoms with Crippen molar-refractivity contribution in [3.8, 4) is 5.95 Å². The van der Waals surface area contributed by atoms with Crippen molar-refractivity contribution in [3.05, 3.63) is 59.7 Å². The quantitative estimate of drug-likeness (QED) is 0.314. The second kappa shape index (κ2) is 27.7. The van der Waals surface area contributed by atoms with Crippen LogP contribution in [0.3, 0.4) is 0 Å². The summed E-state index contributed by atoms with van der Waals surface area (Å²) in [6, 6.07) is 8.84. The summed E-state index contributed by atoms with van der Waals surface area (Å²) in [7, 11) is 0. The van der Waals surface area contributed by atoms with Crippen molar-refractivity contribution in [3.63, 3.8) is 0 Å². The molecule has 0 atom stereocenters. The van der Waals surface area contributed by atoms with E-state index in [0.29, 0.717) is 11.1 Å². The number of fused-ring (bicyclic) bond motifs is 1. The summed E-state index contributed by atoms with van der Waals surface area (Å²) in [6.07, 6.45) is 6.14. The number of nitrogens with zero attached hydrogens (tertiary/aromatic N) is 6. The zero-order valence-corrected chi connectivity index (χ0v) is 37.3. The zero-order valence-electron chi connectivity index (χ0n) is 19.0. The van der Waals surface area contributed by atoms with Gasteiger partial charge in [0.1, 0.15) is 0 Å². The third-order valence-corrected chi connectivity index (χ3v) is 4.01. The van der Waals surface area contributed by atoms with Crippen LogP contribution in [0, 0.1) is 19.4 Å². The second-order valence-electron chi connectivity index (χ2n) is 5.63. The fourth-order valence-electron chi connectivity index (χ4n) is 2.71. The molecule has 0 spiro atoms. The number of aryl methyl sites for hydroxylation is 2. The van der Waals surface area contributed by atoms with E-state index in [1.165, 1.54) is 4.68 Å². The predicted molar refractivity (Wildman–Crippen MR) is 94.0 cm³/mol. The Morgan fingerprint density at radius 1 is 0.972 bits per heavy atom. The average molecular weight is 968 g/mol. The largest absolute Gasteiger partial charge is 0.425 e. The van der Waals surface area contributed by atoms with E-state index in [-0.39, 0.29) is 246 Å².